The molecule has 2 nitrogen and oxygen atoms in total. The Morgan fingerprint density at radius 1 is 1.29 bits per heavy atom. The summed E-state index contributed by atoms with van der Waals surface area (Å²) >= 11 is 1.70. The molecule has 0 fully saturated rings. The van der Waals surface area contributed by atoms with E-state index in [1.165, 1.54) is 12.1 Å². The van der Waals surface area contributed by atoms with Crippen LogP contribution >= 0.6 is 22.4 Å². The molecule has 0 N–H and O–H groups in total. The Labute approximate surface area is 93.1 Å². The molecule has 1 aromatic rings. The van der Waals surface area contributed by atoms with E-state index in [0.717, 1.165) is 17.1 Å². The van der Waals surface area contributed by atoms with Crippen molar-refractivity contribution in [2.75, 3.05) is 5.75 Å². The van der Waals surface area contributed by atoms with Crippen LogP contribution in [-0.2, 0) is 9.05 Å². The fraction of sp³-hybridized carbons (Fsp3) is 0.333. The predicted octanol–water partition coefficient (Wildman–Crippen LogP) is 3.12. The van der Waals surface area contributed by atoms with Crippen LogP contribution in [0.1, 0.15) is 13.3 Å². The van der Waals surface area contributed by atoms with E-state index in [-0.39, 0.29) is 4.90 Å². The molecule has 5 heteroatoms. The Morgan fingerprint density at radius 3 is 2.29 bits per heavy atom. The summed E-state index contributed by atoms with van der Waals surface area (Å²) < 4.78 is 21.8. The minimum atomic E-state index is -3.58. The first-order valence-electron chi connectivity index (χ1n) is 4.21. The minimum Gasteiger partial charge on any atom is -0.207 e. The summed E-state index contributed by atoms with van der Waals surface area (Å²) in [7, 11) is 1.60. The van der Waals surface area contributed by atoms with Crippen LogP contribution in [0.2, 0.25) is 0 Å². The van der Waals surface area contributed by atoms with Crippen LogP contribution in [0.3, 0.4) is 0 Å². The Morgan fingerprint density at radius 2 is 1.86 bits per heavy atom. The lowest BCUT2D eigenvalue weighted by Crippen LogP contribution is -1.89. The van der Waals surface area contributed by atoms with Gasteiger partial charge in [-0.2, -0.15) is 0 Å². The van der Waals surface area contributed by atoms with Gasteiger partial charge in [0.2, 0.25) is 0 Å². The van der Waals surface area contributed by atoms with Crippen molar-refractivity contribution in [1.82, 2.24) is 0 Å². The summed E-state index contributed by atoms with van der Waals surface area (Å²) in [6, 6.07) is 6.60. The Hall–Kier alpha value is -0.190. The molecule has 0 amide bonds. The molecule has 0 saturated carbocycles. The SMILES string of the molecule is CCCSc1ccc(S(=O)(=O)Cl)cc1. The minimum absolute atomic E-state index is 0.153. The lowest BCUT2D eigenvalue weighted by Gasteiger charge is -2.00. The predicted molar refractivity (Wildman–Crippen MR) is 60.5 cm³/mol. The molecular formula is C9H11ClO2S2. The topological polar surface area (TPSA) is 34.1 Å². The number of thioether (sulfide) groups is 1. The van der Waals surface area contributed by atoms with Crippen LogP contribution in [0, 0.1) is 0 Å². The third-order valence-corrected chi connectivity index (χ3v) is 4.17. The molecule has 0 aliphatic carbocycles. The van der Waals surface area contributed by atoms with E-state index in [1.54, 1.807) is 23.9 Å². The molecule has 0 bridgehead atoms. The fourth-order valence-corrected chi connectivity index (χ4v) is 2.46. The summed E-state index contributed by atoms with van der Waals surface area (Å²) in [6.45, 7) is 2.10. The number of halogens is 1. The van der Waals surface area contributed by atoms with Gasteiger partial charge in [0.15, 0.2) is 0 Å². The molecule has 14 heavy (non-hydrogen) atoms. The zero-order chi connectivity index (χ0) is 10.6. The number of rotatable bonds is 4. The molecule has 0 spiro atoms. The maximum absolute atomic E-state index is 10.9. The third-order valence-electron chi connectivity index (χ3n) is 1.58. The van der Waals surface area contributed by atoms with Crippen LogP contribution < -0.4 is 0 Å². The first kappa shape index (κ1) is 11.9. The molecule has 0 heterocycles. The summed E-state index contributed by atoms with van der Waals surface area (Å²) in [5.74, 6) is 1.03. The number of benzene rings is 1. The maximum Gasteiger partial charge on any atom is 0.261 e. The van der Waals surface area contributed by atoms with E-state index in [1.807, 2.05) is 0 Å². The van der Waals surface area contributed by atoms with Crippen molar-refractivity contribution < 1.29 is 8.42 Å². The molecule has 1 aromatic carbocycles. The zero-order valence-corrected chi connectivity index (χ0v) is 10.1. The van der Waals surface area contributed by atoms with Crippen LogP contribution in [0.25, 0.3) is 0 Å². The summed E-state index contributed by atoms with van der Waals surface area (Å²) in [5.41, 5.74) is 0. The summed E-state index contributed by atoms with van der Waals surface area (Å²) in [6.07, 6.45) is 1.10. The van der Waals surface area contributed by atoms with Crippen molar-refractivity contribution in [2.24, 2.45) is 0 Å². The van der Waals surface area contributed by atoms with E-state index in [2.05, 4.69) is 6.92 Å². The van der Waals surface area contributed by atoms with Gasteiger partial charge in [-0.15, -0.1) is 11.8 Å². The first-order chi connectivity index (χ1) is 6.54. The molecule has 0 atom stereocenters. The Kier molecular flexibility index (Phi) is 4.29. The van der Waals surface area contributed by atoms with Crippen LogP contribution in [0.15, 0.2) is 34.1 Å². The first-order valence-corrected chi connectivity index (χ1v) is 7.51. The Bertz CT molecular complexity index is 384. The Balaban J connectivity index is 2.79. The average molecular weight is 251 g/mol. The molecule has 1 rings (SSSR count). The molecular weight excluding hydrogens is 240 g/mol. The highest BCUT2D eigenvalue weighted by molar-refractivity contribution is 8.13. The molecule has 0 radical (unpaired) electrons. The lowest BCUT2D eigenvalue weighted by molar-refractivity contribution is 0.609. The highest BCUT2D eigenvalue weighted by atomic mass is 35.7. The standard InChI is InChI=1S/C9H11ClO2S2/c1-2-7-13-8-3-5-9(6-4-8)14(10,11)12/h3-6H,2,7H2,1H3. The van der Waals surface area contributed by atoms with E-state index in [9.17, 15) is 8.42 Å². The van der Waals surface area contributed by atoms with Crippen LogP contribution in [-0.4, -0.2) is 14.2 Å². The molecule has 0 aliphatic rings. The average Bonchev–Trinajstić information content (AvgIpc) is 2.14. The fourth-order valence-electron chi connectivity index (χ4n) is 0.918. The van der Waals surface area contributed by atoms with Gasteiger partial charge in [-0.3, -0.25) is 0 Å². The molecule has 0 aromatic heterocycles. The largest absolute Gasteiger partial charge is 0.261 e. The molecule has 0 saturated heterocycles. The van der Waals surface area contributed by atoms with Gasteiger partial charge in [0.1, 0.15) is 0 Å². The van der Waals surface area contributed by atoms with E-state index in [4.69, 9.17) is 10.7 Å². The third kappa shape index (κ3) is 3.52. The van der Waals surface area contributed by atoms with Crippen molar-refractivity contribution in [3.05, 3.63) is 24.3 Å². The van der Waals surface area contributed by atoms with Gasteiger partial charge in [-0.1, -0.05) is 6.92 Å². The molecule has 0 unspecified atom stereocenters. The highest BCUT2D eigenvalue weighted by Crippen LogP contribution is 2.22. The van der Waals surface area contributed by atoms with Crippen molar-refractivity contribution in [2.45, 2.75) is 23.1 Å². The second-order valence-electron chi connectivity index (χ2n) is 2.76. The number of hydrogen-bond donors (Lipinski definition) is 0. The van der Waals surface area contributed by atoms with Gasteiger partial charge in [0.25, 0.3) is 9.05 Å². The number of hydrogen-bond acceptors (Lipinski definition) is 3. The van der Waals surface area contributed by atoms with Crippen molar-refractivity contribution in [3.8, 4) is 0 Å². The van der Waals surface area contributed by atoms with E-state index < -0.39 is 9.05 Å². The highest BCUT2D eigenvalue weighted by Gasteiger charge is 2.08. The van der Waals surface area contributed by atoms with E-state index in [0.29, 0.717) is 0 Å². The van der Waals surface area contributed by atoms with E-state index >= 15 is 0 Å². The van der Waals surface area contributed by atoms with Crippen LogP contribution in [0.4, 0.5) is 0 Å². The normalized spacial score (nSPS) is 11.6. The smallest absolute Gasteiger partial charge is 0.207 e. The van der Waals surface area contributed by atoms with Gasteiger partial charge in [-0.25, -0.2) is 8.42 Å². The maximum atomic E-state index is 10.9. The van der Waals surface area contributed by atoms with Gasteiger partial charge < -0.3 is 0 Å². The van der Waals surface area contributed by atoms with Gasteiger partial charge >= 0.3 is 0 Å². The lowest BCUT2D eigenvalue weighted by atomic mass is 10.4. The summed E-state index contributed by atoms with van der Waals surface area (Å²) in [4.78, 5) is 1.22. The second kappa shape index (κ2) is 5.05. The van der Waals surface area contributed by atoms with Gasteiger partial charge in [0, 0.05) is 15.6 Å². The monoisotopic (exact) mass is 250 g/mol. The molecule has 78 valence electrons. The van der Waals surface area contributed by atoms with Crippen LogP contribution in [0.5, 0.6) is 0 Å². The quantitative estimate of drug-likeness (QED) is 0.608. The summed E-state index contributed by atoms with van der Waals surface area (Å²) in [5, 5.41) is 0. The van der Waals surface area contributed by atoms with Crippen molar-refractivity contribution >= 4 is 31.5 Å². The van der Waals surface area contributed by atoms with Gasteiger partial charge in [-0.05, 0) is 36.4 Å². The second-order valence-corrected chi connectivity index (χ2v) is 6.49. The van der Waals surface area contributed by atoms with Crippen molar-refractivity contribution in [3.63, 3.8) is 0 Å². The molecule has 0 aliphatic heterocycles. The van der Waals surface area contributed by atoms with Gasteiger partial charge in [0.05, 0.1) is 4.90 Å². The van der Waals surface area contributed by atoms with Crippen molar-refractivity contribution in [1.29, 1.82) is 0 Å². The zero-order valence-electron chi connectivity index (χ0n) is 7.73.